The van der Waals surface area contributed by atoms with E-state index < -0.39 is 0 Å². The third kappa shape index (κ3) is 2.90. The van der Waals surface area contributed by atoms with Crippen LogP contribution in [0.2, 0.25) is 0 Å². The molecule has 3 aromatic rings. The van der Waals surface area contributed by atoms with Crippen LogP contribution in [0.3, 0.4) is 0 Å². The van der Waals surface area contributed by atoms with Crippen LogP contribution in [0.5, 0.6) is 0 Å². The molecule has 0 aromatic carbocycles. The lowest BCUT2D eigenvalue weighted by Crippen LogP contribution is -2.28. The molecule has 0 spiro atoms. The van der Waals surface area contributed by atoms with E-state index >= 15 is 0 Å². The molecule has 3 rings (SSSR count). The van der Waals surface area contributed by atoms with E-state index in [-0.39, 0.29) is 6.03 Å². The van der Waals surface area contributed by atoms with Gasteiger partial charge in [0.05, 0.1) is 23.7 Å². The van der Waals surface area contributed by atoms with Gasteiger partial charge in [-0.2, -0.15) is 0 Å². The van der Waals surface area contributed by atoms with Crippen LogP contribution in [0.15, 0.2) is 48.0 Å². The Morgan fingerprint density at radius 2 is 2.23 bits per heavy atom. The van der Waals surface area contributed by atoms with Crippen LogP contribution < -0.4 is 10.6 Å². The Bertz CT molecular complexity index is 815. The number of hydrogen-bond acceptors (Lipinski definition) is 6. The van der Waals surface area contributed by atoms with E-state index in [9.17, 15) is 4.79 Å². The minimum absolute atomic E-state index is 0.366. The van der Waals surface area contributed by atoms with Gasteiger partial charge in [0.25, 0.3) is 0 Å². The van der Waals surface area contributed by atoms with Crippen molar-refractivity contribution in [3.8, 4) is 11.3 Å². The zero-order chi connectivity index (χ0) is 15.4. The predicted molar refractivity (Wildman–Crippen MR) is 80.0 cm³/mol. The summed E-state index contributed by atoms with van der Waals surface area (Å²) in [6.45, 7) is 3.90. The maximum atomic E-state index is 11.6. The number of urea groups is 1. The maximum Gasteiger partial charge on any atom is 0.320 e. The summed E-state index contributed by atoms with van der Waals surface area (Å²) >= 11 is 0. The molecule has 8 nitrogen and oxygen atoms in total. The molecule has 0 unspecified atom stereocenters. The molecular formula is C14H12N6O2. The zero-order valence-corrected chi connectivity index (χ0v) is 11.5. The van der Waals surface area contributed by atoms with E-state index in [1.807, 2.05) is 0 Å². The number of nitrogens with one attached hydrogen (secondary N) is 2. The normalized spacial score (nSPS) is 10.4. The summed E-state index contributed by atoms with van der Waals surface area (Å²) < 4.78 is 4.78. The molecule has 3 heterocycles. The van der Waals surface area contributed by atoms with Crippen LogP contribution in [0.25, 0.3) is 22.4 Å². The quantitative estimate of drug-likeness (QED) is 0.713. The highest BCUT2D eigenvalue weighted by molar-refractivity contribution is 5.89. The Morgan fingerprint density at radius 1 is 1.32 bits per heavy atom. The monoisotopic (exact) mass is 296 g/mol. The summed E-state index contributed by atoms with van der Waals surface area (Å²) in [6.07, 6.45) is 6.21. The van der Waals surface area contributed by atoms with E-state index in [4.69, 9.17) is 4.52 Å². The number of carbonyl (C=O) groups is 1. The number of amides is 2. The molecule has 22 heavy (non-hydrogen) atoms. The Kier molecular flexibility index (Phi) is 3.73. The minimum atomic E-state index is -0.366. The van der Waals surface area contributed by atoms with Gasteiger partial charge in [-0.05, 0) is 12.1 Å². The summed E-state index contributed by atoms with van der Waals surface area (Å²) in [5, 5.41) is 8.84. The molecule has 0 aliphatic heterocycles. The van der Waals surface area contributed by atoms with Crippen molar-refractivity contribution in [2.75, 3.05) is 11.9 Å². The molecule has 8 heteroatoms. The third-order valence-corrected chi connectivity index (χ3v) is 2.78. The number of pyridine rings is 1. The average Bonchev–Trinajstić information content (AvgIpc) is 3.06. The standard InChI is InChI=1S/C14H12N6O2/c1-2-5-15-14(21)20-12-4-3-10-13(19-12)18-11(7-16-10)9-6-17-22-8-9/h2-4,6-8H,1,5H2,(H2,15,18,19,20,21). The van der Waals surface area contributed by atoms with Crippen LogP contribution in [0.1, 0.15) is 0 Å². The maximum absolute atomic E-state index is 11.6. The van der Waals surface area contributed by atoms with Crippen LogP contribution >= 0.6 is 0 Å². The topological polar surface area (TPSA) is 106 Å². The fourth-order valence-electron chi connectivity index (χ4n) is 1.76. The van der Waals surface area contributed by atoms with Crippen molar-refractivity contribution >= 4 is 23.0 Å². The number of fused-ring (bicyclic) bond motifs is 1. The molecule has 0 aliphatic rings. The van der Waals surface area contributed by atoms with E-state index in [1.165, 1.54) is 6.26 Å². The highest BCUT2D eigenvalue weighted by Crippen LogP contribution is 2.18. The largest absolute Gasteiger partial charge is 0.364 e. The molecule has 0 bridgehead atoms. The van der Waals surface area contributed by atoms with Gasteiger partial charge in [-0.15, -0.1) is 6.58 Å². The number of nitrogens with zero attached hydrogens (tertiary/aromatic N) is 4. The van der Waals surface area contributed by atoms with Gasteiger partial charge in [-0.3, -0.25) is 10.3 Å². The van der Waals surface area contributed by atoms with Crippen LogP contribution in [-0.4, -0.2) is 32.7 Å². The molecule has 3 aromatic heterocycles. The number of aromatic nitrogens is 4. The number of anilines is 1. The molecule has 0 saturated heterocycles. The summed E-state index contributed by atoms with van der Waals surface area (Å²) in [7, 11) is 0. The number of carbonyl (C=O) groups excluding carboxylic acids is 1. The van der Waals surface area contributed by atoms with Gasteiger partial charge in [0.1, 0.15) is 17.6 Å². The van der Waals surface area contributed by atoms with Gasteiger partial charge < -0.3 is 9.84 Å². The second-order valence-corrected chi connectivity index (χ2v) is 4.33. The lowest BCUT2D eigenvalue weighted by Gasteiger charge is -2.06. The number of rotatable bonds is 4. The van der Waals surface area contributed by atoms with E-state index in [0.29, 0.717) is 34.8 Å². The van der Waals surface area contributed by atoms with Gasteiger partial charge in [-0.1, -0.05) is 11.2 Å². The van der Waals surface area contributed by atoms with Crippen molar-refractivity contribution in [3.63, 3.8) is 0 Å². The molecule has 0 saturated carbocycles. The first-order chi connectivity index (χ1) is 10.8. The number of hydrogen-bond donors (Lipinski definition) is 2. The SMILES string of the molecule is C=CCNC(=O)Nc1ccc2ncc(-c3cnoc3)nc2n1. The summed E-state index contributed by atoms with van der Waals surface area (Å²) in [5.41, 5.74) is 2.34. The highest BCUT2D eigenvalue weighted by atomic mass is 16.5. The Hall–Kier alpha value is -3.29. The second kappa shape index (κ2) is 6.00. The van der Waals surface area contributed by atoms with E-state index in [1.54, 1.807) is 30.6 Å². The average molecular weight is 296 g/mol. The second-order valence-electron chi connectivity index (χ2n) is 4.33. The fraction of sp³-hybridized carbons (Fsp3) is 0.0714. The Balaban J connectivity index is 1.87. The van der Waals surface area contributed by atoms with Crippen molar-refractivity contribution < 1.29 is 9.32 Å². The molecular weight excluding hydrogens is 284 g/mol. The smallest absolute Gasteiger partial charge is 0.320 e. The molecule has 0 radical (unpaired) electrons. The molecule has 2 amide bonds. The predicted octanol–water partition coefficient (Wildman–Crippen LogP) is 1.99. The van der Waals surface area contributed by atoms with Crippen molar-refractivity contribution in [1.82, 2.24) is 25.4 Å². The lowest BCUT2D eigenvalue weighted by molar-refractivity contribution is 0.253. The van der Waals surface area contributed by atoms with Crippen LogP contribution in [0, 0.1) is 0 Å². The molecule has 2 N–H and O–H groups in total. The summed E-state index contributed by atoms with van der Waals surface area (Å²) in [6, 6.07) is 3.02. The van der Waals surface area contributed by atoms with Crippen LogP contribution in [0.4, 0.5) is 10.6 Å². The first-order valence-electron chi connectivity index (χ1n) is 6.45. The van der Waals surface area contributed by atoms with Crippen molar-refractivity contribution in [2.45, 2.75) is 0 Å². The molecule has 0 aliphatic carbocycles. The zero-order valence-electron chi connectivity index (χ0n) is 11.5. The van der Waals surface area contributed by atoms with Crippen molar-refractivity contribution in [3.05, 3.63) is 43.4 Å². The Morgan fingerprint density at radius 3 is 3.00 bits per heavy atom. The minimum Gasteiger partial charge on any atom is -0.364 e. The van der Waals surface area contributed by atoms with Crippen molar-refractivity contribution in [2.24, 2.45) is 0 Å². The molecule has 0 fully saturated rings. The van der Waals surface area contributed by atoms with Gasteiger partial charge in [0.2, 0.25) is 0 Å². The van der Waals surface area contributed by atoms with Gasteiger partial charge in [0.15, 0.2) is 5.65 Å². The first-order valence-corrected chi connectivity index (χ1v) is 6.45. The van der Waals surface area contributed by atoms with E-state index in [2.05, 4.69) is 37.3 Å². The highest BCUT2D eigenvalue weighted by Gasteiger charge is 2.08. The van der Waals surface area contributed by atoms with Gasteiger partial charge in [-0.25, -0.2) is 14.8 Å². The summed E-state index contributed by atoms with van der Waals surface area (Å²) in [5.74, 6) is 0.380. The lowest BCUT2D eigenvalue weighted by atomic mass is 10.2. The first kappa shape index (κ1) is 13.7. The van der Waals surface area contributed by atoms with Crippen molar-refractivity contribution in [1.29, 1.82) is 0 Å². The summed E-state index contributed by atoms with van der Waals surface area (Å²) in [4.78, 5) is 24.5. The van der Waals surface area contributed by atoms with Gasteiger partial charge >= 0.3 is 6.03 Å². The van der Waals surface area contributed by atoms with E-state index in [0.717, 1.165) is 0 Å². The molecule has 0 atom stereocenters. The van der Waals surface area contributed by atoms with Gasteiger partial charge in [0, 0.05) is 6.54 Å². The fourth-order valence-corrected chi connectivity index (χ4v) is 1.76. The molecule has 110 valence electrons. The third-order valence-electron chi connectivity index (χ3n) is 2.78. The Labute approximate surface area is 125 Å². The van der Waals surface area contributed by atoms with Crippen LogP contribution in [-0.2, 0) is 0 Å².